The summed E-state index contributed by atoms with van der Waals surface area (Å²) in [6, 6.07) is 21.5. The SMILES string of the molecule is COc1ccccc1C1CC(c2ccccc2Cl)=NN1C(=O)CN(CCN1CCOCC1)C(=O)c1ccccc1Cl. The van der Waals surface area contributed by atoms with Gasteiger partial charge in [-0.05, 0) is 24.3 Å². The minimum absolute atomic E-state index is 0.167. The Morgan fingerprint density at radius 1 is 0.976 bits per heavy atom. The molecule has 214 valence electrons. The van der Waals surface area contributed by atoms with Crippen LogP contribution < -0.4 is 4.74 Å². The predicted molar refractivity (Wildman–Crippen MR) is 160 cm³/mol. The van der Waals surface area contributed by atoms with Crippen LogP contribution in [0.2, 0.25) is 10.0 Å². The standard InChI is InChI=1S/C31H32Cl2N4O4/c1-40-29-13-7-4-10-24(29)28-20-27(22-8-2-5-11-25(22)32)34-37(28)30(38)21-36(15-14-35-16-18-41-19-17-35)31(39)23-9-3-6-12-26(23)33/h2-13,28H,14-21H2,1H3. The van der Waals surface area contributed by atoms with Gasteiger partial charge in [0.15, 0.2) is 0 Å². The highest BCUT2D eigenvalue weighted by molar-refractivity contribution is 6.34. The number of benzene rings is 3. The van der Waals surface area contributed by atoms with Crippen molar-refractivity contribution in [1.29, 1.82) is 0 Å². The molecule has 0 N–H and O–H groups in total. The molecule has 10 heteroatoms. The van der Waals surface area contributed by atoms with Crippen molar-refractivity contribution >= 4 is 40.7 Å². The maximum atomic E-state index is 14.1. The van der Waals surface area contributed by atoms with E-state index in [1.165, 1.54) is 5.01 Å². The molecule has 2 aliphatic heterocycles. The molecule has 2 heterocycles. The second-order valence-electron chi connectivity index (χ2n) is 9.89. The number of carbonyl (C=O) groups is 2. The molecular weight excluding hydrogens is 563 g/mol. The third-order valence-electron chi connectivity index (χ3n) is 7.36. The van der Waals surface area contributed by atoms with E-state index < -0.39 is 6.04 Å². The number of morpholine rings is 1. The molecular formula is C31H32Cl2N4O4. The number of amides is 2. The minimum Gasteiger partial charge on any atom is -0.496 e. The molecule has 1 fully saturated rings. The number of rotatable bonds is 9. The van der Waals surface area contributed by atoms with Gasteiger partial charge in [-0.3, -0.25) is 14.5 Å². The highest BCUT2D eigenvalue weighted by atomic mass is 35.5. The van der Waals surface area contributed by atoms with Gasteiger partial charge in [0.1, 0.15) is 12.3 Å². The van der Waals surface area contributed by atoms with E-state index in [4.69, 9.17) is 37.8 Å². The lowest BCUT2D eigenvalue weighted by Gasteiger charge is -2.31. The number of hydrogen-bond donors (Lipinski definition) is 0. The van der Waals surface area contributed by atoms with Gasteiger partial charge in [0.2, 0.25) is 0 Å². The first-order valence-corrected chi connectivity index (χ1v) is 14.3. The van der Waals surface area contributed by atoms with Crippen LogP contribution in [-0.4, -0.2) is 85.4 Å². The summed E-state index contributed by atoms with van der Waals surface area (Å²) in [7, 11) is 1.60. The molecule has 2 aliphatic rings. The van der Waals surface area contributed by atoms with Gasteiger partial charge in [-0.25, -0.2) is 5.01 Å². The largest absolute Gasteiger partial charge is 0.496 e. The summed E-state index contributed by atoms with van der Waals surface area (Å²) in [4.78, 5) is 31.6. The Bertz CT molecular complexity index is 1430. The average molecular weight is 596 g/mol. The summed E-state index contributed by atoms with van der Waals surface area (Å²) in [6.45, 7) is 3.63. The van der Waals surface area contributed by atoms with Crippen LogP contribution in [0.4, 0.5) is 0 Å². The van der Waals surface area contributed by atoms with Gasteiger partial charge in [-0.1, -0.05) is 71.7 Å². The third kappa shape index (κ3) is 6.73. The monoisotopic (exact) mass is 594 g/mol. The molecule has 3 aromatic rings. The van der Waals surface area contributed by atoms with Gasteiger partial charge >= 0.3 is 0 Å². The van der Waals surface area contributed by atoms with E-state index in [0.717, 1.165) is 24.2 Å². The molecule has 1 unspecified atom stereocenters. The van der Waals surface area contributed by atoms with Crippen molar-refractivity contribution < 1.29 is 19.1 Å². The van der Waals surface area contributed by atoms with Crippen LogP contribution in [0.15, 0.2) is 77.9 Å². The summed E-state index contributed by atoms with van der Waals surface area (Å²) >= 11 is 12.9. The first kappa shape index (κ1) is 29.1. The Labute approximate surface area is 250 Å². The van der Waals surface area contributed by atoms with Crippen LogP contribution in [0.3, 0.4) is 0 Å². The van der Waals surface area contributed by atoms with Crippen molar-refractivity contribution in [2.24, 2.45) is 5.10 Å². The zero-order chi connectivity index (χ0) is 28.8. The molecule has 0 spiro atoms. The van der Waals surface area contributed by atoms with Crippen LogP contribution in [0.25, 0.3) is 0 Å². The van der Waals surface area contributed by atoms with Gasteiger partial charge in [-0.2, -0.15) is 5.10 Å². The average Bonchev–Trinajstić information content (AvgIpc) is 3.45. The van der Waals surface area contributed by atoms with Gasteiger partial charge in [0.05, 0.1) is 42.7 Å². The maximum Gasteiger partial charge on any atom is 0.262 e. The molecule has 5 rings (SSSR count). The lowest BCUT2D eigenvalue weighted by molar-refractivity contribution is -0.133. The zero-order valence-corrected chi connectivity index (χ0v) is 24.4. The maximum absolute atomic E-state index is 14.1. The molecule has 41 heavy (non-hydrogen) atoms. The Morgan fingerprint density at radius 2 is 1.66 bits per heavy atom. The summed E-state index contributed by atoms with van der Waals surface area (Å²) in [5.41, 5.74) is 2.64. The van der Waals surface area contributed by atoms with Crippen molar-refractivity contribution in [3.63, 3.8) is 0 Å². The van der Waals surface area contributed by atoms with E-state index >= 15 is 0 Å². The topological polar surface area (TPSA) is 74.7 Å². The Morgan fingerprint density at radius 3 is 2.39 bits per heavy atom. The molecule has 8 nitrogen and oxygen atoms in total. The number of para-hydroxylation sites is 1. The molecule has 0 bridgehead atoms. The summed E-state index contributed by atoms with van der Waals surface area (Å²) in [5.74, 6) is 0.0353. The molecule has 3 aromatic carbocycles. The Hall–Kier alpha value is -3.43. The normalized spacial score (nSPS) is 17.3. The third-order valence-corrected chi connectivity index (χ3v) is 8.02. The van der Waals surface area contributed by atoms with Crippen LogP contribution >= 0.6 is 23.2 Å². The second-order valence-corrected chi connectivity index (χ2v) is 10.7. The van der Waals surface area contributed by atoms with Crippen LogP contribution in [0, 0.1) is 0 Å². The number of ether oxygens (including phenoxy) is 2. The van der Waals surface area contributed by atoms with Crippen LogP contribution in [0.5, 0.6) is 5.75 Å². The van der Waals surface area contributed by atoms with E-state index in [0.29, 0.717) is 59.8 Å². The number of nitrogens with zero attached hydrogens (tertiary/aromatic N) is 4. The Balaban J connectivity index is 1.45. The van der Waals surface area contributed by atoms with Gasteiger partial charge in [0.25, 0.3) is 11.8 Å². The fraction of sp³-hybridized carbons (Fsp3) is 0.323. The predicted octanol–water partition coefficient (Wildman–Crippen LogP) is 5.15. The van der Waals surface area contributed by atoms with Gasteiger partial charge in [0, 0.05) is 48.7 Å². The summed E-state index contributed by atoms with van der Waals surface area (Å²) in [5, 5.41) is 7.14. The zero-order valence-electron chi connectivity index (χ0n) is 22.8. The fourth-order valence-electron chi connectivity index (χ4n) is 5.16. The van der Waals surface area contributed by atoms with E-state index in [2.05, 4.69) is 4.90 Å². The molecule has 0 saturated carbocycles. The van der Waals surface area contributed by atoms with Crippen molar-refractivity contribution in [2.45, 2.75) is 12.5 Å². The van der Waals surface area contributed by atoms with Crippen LogP contribution in [0.1, 0.15) is 33.9 Å². The van der Waals surface area contributed by atoms with Crippen LogP contribution in [-0.2, 0) is 9.53 Å². The molecule has 1 saturated heterocycles. The molecule has 0 radical (unpaired) electrons. The molecule has 0 aromatic heterocycles. The first-order valence-electron chi connectivity index (χ1n) is 13.6. The van der Waals surface area contributed by atoms with E-state index in [9.17, 15) is 9.59 Å². The van der Waals surface area contributed by atoms with Gasteiger partial charge < -0.3 is 14.4 Å². The summed E-state index contributed by atoms with van der Waals surface area (Å²) in [6.07, 6.45) is 0.447. The minimum atomic E-state index is -0.429. The number of methoxy groups -OCH3 is 1. The van der Waals surface area contributed by atoms with E-state index in [1.54, 1.807) is 42.3 Å². The van der Waals surface area contributed by atoms with Crippen molar-refractivity contribution in [3.05, 3.63) is 99.5 Å². The quantitative estimate of drug-likeness (QED) is 0.342. The highest BCUT2D eigenvalue weighted by Crippen LogP contribution is 2.38. The van der Waals surface area contributed by atoms with Crippen molar-refractivity contribution in [1.82, 2.24) is 14.8 Å². The molecule has 0 aliphatic carbocycles. The number of halogens is 2. The Kier molecular flexibility index (Phi) is 9.57. The lowest BCUT2D eigenvalue weighted by atomic mass is 9.97. The first-order chi connectivity index (χ1) is 20.0. The highest BCUT2D eigenvalue weighted by Gasteiger charge is 2.36. The second kappa shape index (κ2) is 13.5. The molecule has 1 atom stereocenters. The number of hydrogen-bond acceptors (Lipinski definition) is 6. The van der Waals surface area contributed by atoms with Crippen molar-refractivity contribution in [3.8, 4) is 5.75 Å². The van der Waals surface area contributed by atoms with Gasteiger partial charge in [-0.15, -0.1) is 0 Å². The van der Waals surface area contributed by atoms with E-state index in [1.807, 2.05) is 42.5 Å². The molecule has 2 amide bonds. The summed E-state index contributed by atoms with van der Waals surface area (Å²) < 4.78 is 11.1. The fourth-order valence-corrected chi connectivity index (χ4v) is 5.62. The van der Waals surface area contributed by atoms with E-state index in [-0.39, 0.29) is 18.4 Å². The number of hydrazone groups is 1. The van der Waals surface area contributed by atoms with Crippen molar-refractivity contribution in [2.75, 3.05) is 53.0 Å². The lowest BCUT2D eigenvalue weighted by Crippen LogP contribution is -2.46. The number of carbonyl (C=O) groups excluding carboxylic acids is 2. The smallest absolute Gasteiger partial charge is 0.262 e.